The number of aromatic nitrogens is 1. The zero-order valence-corrected chi connectivity index (χ0v) is 12.3. The average Bonchev–Trinajstić information content (AvgIpc) is 2.43. The molecule has 1 aromatic heterocycles. The molecule has 7 heteroatoms. The number of carboxylic acids is 1. The van der Waals surface area contributed by atoms with E-state index < -0.39 is 5.97 Å². The van der Waals surface area contributed by atoms with Crippen molar-refractivity contribution >= 4 is 11.9 Å². The highest BCUT2D eigenvalue weighted by atomic mass is 16.5. The number of aliphatic carboxylic acids is 1. The molecule has 21 heavy (non-hydrogen) atoms. The quantitative estimate of drug-likeness (QED) is 0.602. The van der Waals surface area contributed by atoms with E-state index in [0.717, 1.165) is 6.42 Å². The largest absolute Gasteiger partial charge is 0.504 e. The molecule has 0 radical (unpaired) electrons. The highest BCUT2D eigenvalue weighted by molar-refractivity contribution is 5.77. The maximum atomic E-state index is 11.5. The average molecular weight is 297 g/mol. The second-order valence-corrected chi connectivity index (χ2v) is 4.59. The third kappa shape index (κ3) is 5.29. The van der Waals surface area contributed by atoms with Crippen molar-refractivity contribution in [2.45, 2.75) is 33.2 Å². The number of rotatable bonds is 8. The van der Waals surface area contributed by atoms with Crippen molar-refractivity contribution in [2.75, 3.05) is 13.2 Å². The van der Waals surface area contributed by atoms with Crippen molar-refractivity contribution in [2.24, 2.45) is 0 Å². The lowest BCUT2D eigenvalue weighted by molar-refractivity contribution is -0.702. The lowest BCUT2D eigenvalue weighted by Crippen LogP contribution is -2.38. The van der Waals surface area contributed by atoms with Gasteiger partial charge in [-0.1, -0.05) is 6.92 Å². The van der Waals surface area contributed by atoms with Crippen LogP contribution in [0.3, 0.4) is 0 Å². The van der Waals surface area contributed by atoms with E-state index in [1.54, 1.807) is 17.7 Å². The van der Waals surface area contributed by atoms with Crippen molar-refractivity contribution in [3.05, 3.63) is 18.0 Å². The maximum absolute atomic E-state index is 11.5. The molecule has 0 saturated heterocycles. The molecule has 7 nitrogen and oxygen atoms in total. The summed E-state index contributed by atoms with van der Waals surface area (Å²) in [5.74, 6) is -1.06. The van der Waals surface area contributed by atoms with Gasteiger partial charge in [-0.15, -0.1) is 0 Å². The minimum Gasteiger partial charge on any atom is -0.504 e. The molecule has 0 aliphatic rings. The number of hydrogen-bond donors (Lipinski definition) is 3. The van der Waals surface area contributed by atoms with Crippen molar-refractivity contribution < 1.29 is 29.1 Å². The summed E-state index contributed by atoms with van der Waals surface area (Å²) in [7, 11) is 0. The van der Waals surface area contributed by atoms with E-state index in [2.05, 4.69) is 5.32 Å². The van der Waals surface area contributed by atoms with Crippen molar-refractivity contribution in [3.63, 3.8) is 0 Å². The Balaban J connectivity index is 2.74. The fourth-order valence-electron chi connectivity index (χ4n) is 1.75. The normalized spacial score (nSPS) is 10.2. The summed E-state index contributed by atoms with van der Waals surface area (Å²) in [5.41, 5.74) is 0.569. The first-order valence-electron chi connectivity index (χ1n) is 6.79. The number of ether oxygens (including phenoxy) is 1. The second-order valence-electron chi connectivity index (χ2n) is 4.59. The zero-order chi connectivity index (χ0) is 15.8. The fourth-order valence-corrected chi connectivity index (χ4v) is 1.75. The van der Waals surface area contributed by atoms with Gasteiger partial charge < -0.3 is 20.3 Å². The van der Waals surface area contributed by atoms with Crippen molar-refractivity contribution in [1.82, 2.24) is 5.32 Å². The van der Waals surface area contributed by atoms with E-state index in [1.165, 1.54) is 6.07 Å². The molecule has 0 saturated carbocycles. The van der Waals surface area contributed by atoms with Crippen LogP contribution in [0.15, 0.2) is 12.3 Å². The Morgan fingerprint density at radius 1 is 1.43 bits per heavy atom. The summed E-state index contributed by atoms with van der Waals surface area (Å²) in [4.78, 5) is 22.1. The Morgan fingerprint density at radius 2 is 2.14 bits per heavy atom. The van der Waals surface area contributed by atoms with Crippen molar-refractivity contribution in [3.8, 4) is 11.5 Å². The molecule has 0 aromatic carbocycles. The molecular formula is C14H21N2O5+. The van der Waals surface area contributed by atoms with Gasteiger partial charge in [0.05, 0.1) is 0 Å². The summed E-state index contributed by atoms with van der Waals surface area (Å²) in [5, 5.41) is 21.2. The van der Waals surface area contributed by atoms with Crippen LogP contribution < -0.4 is 14.6 Å². The number of pyridine rings is 1. The van der Waals surface area contributed by atoms with Gasteiger partial charge in [0.1, 0.15) is 6.42 Å². The molecule has 0 atom stereocenters. The number of aromatic hydroxyl groups is 1. The van der Waals surface area contributed by atoms with Crippen LogP contribution in [0.5, 0.6) is 11.5 Å². The van der Waals surface area contributed by atoms with E-state index in [0.29, 0.717) is 12.2 Å². The van der Waals surface area contributed by atoms with Crippen LogP contribution >= 0.6 is 0 Å². The first kappa shape index (κ1) is 16.7. The third-order valence-electron chi connectivity index (χ3n) is 2.89. The van der Waals surface area contributed by atoms with E-state index in [4.69, 9.17) is 9.84 Å². The molecule has 0 bridgehead atoms. The van der Waals surface area contributed by atoms with E-state index in [9.17, 15) is 14.7 Å². The molecule has 0 unspecified atom stereocenters. The molecule has 1 aromatic rings. The Hall–Kier alpha value is -2.31. The number of carboxylic acid groups (broad SMARTS) is 1. The molecule has 3 N–H and O–H groups in total. The van der Waals surface area contributed by atoms with Crippen LogP contribution in [-0.2, 0) is 16.1 Å². The molecule has 0 spiro atoms. The summed E-state index contributed by atoms with van der Waals surface area (Å²) in [6.07, 6.45) is 2.38. The summed E-state index contributed by atoms with van der Waals surface area (Å²) >= 11 is 0. The molecule has 0 aliphatic heterocycles. The molecule has 1 heterocycles. The van der Waals surface area contributed by atoms with Crippen LogP contribution in [0.1, 0.15) is 25.5 Å². The van der Waals surface area contributed by atoms with Gasteiger partial charge in [-0.25, -0.2) is 0 Å². The van der Waals surface area contributed by atoms with Crippen LogP contribution in [0.25, 0.3) is 0 Å². The standard InChI is InChI=1S/C14H20N2O5/c1-3-6-15-12(18)9-21-14-10(2)16(7-4-11(14)17)8-5-13(19)20/h4,7H,3,5-6,8-9H2,1-2H3,(H2,15,18,19,20)/p+1. The maximum Gasteiger partial charge on any atom is 0.309 e. The number of aryl methyl sites for hydroxylation is 1. The minimum absolute atomic E-state index is 0.0350. The molecule has 1 rings (SSSR count). The SMILES string of the molecule is CCCNC(=O)COc1c(O)cc[n+](CCC(=O)O)c1C. The predicted molar refractivity (Wildman–Crippen MR) is 74.1 cm³/mol. The van der Waals surface area contributed by atoms with Crippen molar-refractivity contribution in [1.29, 1.82) is 0 Å². The topological polar surface area (TPSA) is 99.7 Å². The number of nitrogens with zero attached hydrogens (tertiary/aromatic N) is 1. The zero-order valence-electron chi connectivity index (χ0n) is 12.3. The molecule has 0 fully saturated rings. The van der Waals surface area contributed by atoms with Gasteiger partial charge in [-0.3, -0.25) is 9.59 Å². The third-order valence-corrected chi connectivity index (χ3v) is 2.89. The Bertz CT molecular complexity index is 516. The fraction of sp³-hybridized carbons (Fsp3) is 0.500. The van der Waals surface area contributed by atoms with Gasteiger partial charge in [-0.2, -0.15) is 4.57 Å². The first-order valence-corrected chi connectivity index (χ1v) is 6.79. The smallest absolute Gasteiger partial charge is 0.309 e. The second kappa shape index (κ2) is 8.08. The number of hydrogen-bond acceptors (Lipinski definition) is 4. The van der Waals surface area contributed by atoms with E-state index in [-0.39, 0.29) is 37.0 Å². The summed E-state index contributed by atoms with van der Waals surface area (Å²) in [6.45, 7) is 4.28. The van der Waals surface area contributed by atoms with E-state index in [1.807, 2.05) is 6.92 Å². The van der Waals surface area contributed by atoms with Gasteiger partial charge in [0.15, 0.2) is 25.1 Å². The molecule has 1 amide bonds. The van der Waals surface area contributed by atoms with Gasteiger partial charge >= 0.3 is 5.97 Å². The van der Waals surface area contributed by atoms with Crippen LogP contribution in [0.4, 0.5) is 0 Å². The molecule has 0 aliphatic carbocycles. The number of carbonyl (C=O) groups is 2. The Morgan fingerprint density at radius 3 is 2.76 bits per heavy atom. The Kier molecular flexibility index (Phi) is 6.45. The monoisotopic (exact) mass is 297 g/mol. The predicted octanol–water partition coefficient (Wildman–Crippen LogP) is 0.368. The number of nitrogens with one attached hydrogen (secondary N) is 1. The van der Waals surface area contributed by atoms with E-state index >= 15 is 0 Å². The number of carbonyl (C=O) groups excluding carboxylic acids is 1. The van der Waals surface area contributed by atoms with Gasteiger partial charge in [-0.05, 0) is 6.42 Å². The van der Waals surface area contributed by atoms with Gasteiger partial charge in [0.25, 0.3) is 5.91 Å². The number of amides is 1. The van der Waals surface area contributed by atoms with Crippen LogP contribution in [0.2, 0.25) is 0 Å². The Labute approximate surface area is 123 Å². The summed E-state index contributed by atoms with van der Waals surface area (Å²) < 4.78 is 7.00. The van der Waals surface area contributed by atoms with Gasteiger partial charge in [0, 0.05) is 19.5 Å². The molecule has 116 valence electrons. The van der Waals surface area contributed by atoms with Gasteiger partial charge in [0.2, 0.25) is 11.4 Å². The first-order chi connectivity index (χ1) is 9.95. The molecular weight excluding hydrogens is 276 g/mol. The highest BCUT2D eigenvalue weighted by Crippen LogP contribution is 2.26. The van der Waals surface area contributed by atoms with Crippen LogP contribution in [0, 0.1) is 6.92 Å². The summed E-state index contributed by atoms with van der Waals surface area (Å²) in [6, 6.07) is 1.41. The highest BCUT2D eigenvalue weighted by Gasteiger charge is 2.19. The lowest BCUT2D eigenvalue weighted by atomic mass is 10.3. The van der Waals surface area contributed by atoms with Crippen LogP contribution in [-0.4, -0.2) is 35.2 Å². The lowest BCUT2D eigenvalue weighted by Gasteiger charge is -2.10. The minimum atomic E-state index is -0.906.